The van der Waals surface area contributed by atoms with Gasteiger partial charge in [-0.25, -0.2) is 8.42 Å². The smallest absolute Gasteiger partial charge is 0.251 e. The van der Waals surface area contributed by atoms with Gasteiger partial charge in [-0.3, -0.25) is 9.69 Å². The Hall–Kier alpha value is -1.84. The molecular weight excluding hydrogens is 346 g/mol. The van der Waals surface area contributed by atoms with Crippen molar-refractivity contribution in [3.8, 4) is 11.5 Å². The molecule has 0 saturated carbocycles. The molecule has 1 aliphatic heterocycles. The topological polar surface area (TPSA) is 88.2 Å². The summed E-state index contributed by atoms with van der Waals surface area (Å²) in [5.41, 5.74) is 0.500. The monoisotopic (exact) mass is 371 g/mol. The Morgan fingerprint density at radius 3 is 2.32 bits per heavy atom. The maximum absolute atomic E-state index is 12.2. The van der Waals surface area contributed by atoms with E-state index in [0.717, 1.165) is 0 Å². The fraction of sp³-hybridized carbons (Fsp3) is 0.562. The number of carbonyl (C=O) groups is 1. The first-order valence-corrected chi connectivity index (χ1v) is 9.87. The number of methoxy groups -OCH3 is 2. The van der Waals surface area contributed by atoms with Crippen LogP contribution in [0.3, 0.4) is 0 Å². The third-order valence-corrected chi connectivity index (χ3v) is 5.46. The lowest BCUT2D eigenvalue weighted by Gasteiger charge is -2.33. The number of sulfonamides is 1. The molecule has 1 aromatic carbocycles. The van der Waals surface area contributed by atoms with Crippen molar-refractivity contribution in [2.45, 2.75) is 0 Å². The first-order valence-electron chi connectivity index (χ1n) is 8.03. The summed E-state index contributed by atoms with van der Waals surface area (Å²) in [7, 11) is -0.0506. The van der Waals surface area contributed by atoms with E-state index in [9.17, 15) is 13.2 Å². The Labute approximate surface area is 148 Å². The third kappa shape index (κ3) is 5.32. The number of amides is 1. The lowest BCUT2D eigenvalue weighted by atomic mass is 10.2. The van der Waals surface area contributed by atoms with E-state index in [4.69, 9.17) is 9.47 Å². The maximum atomic E-state index is 12.2. The molecule has 8 nitrogen and oxygen atoms in total. The molecule has 0 aliphatic carbocycles. The molecular formula is C16H25N3O5S. The molecule has 1 amide bonds. The van der Waals surface area contributed by atoms with Gasteiger partial charge in [0.05, 0.1) is 20.5 Å². The molecule has 0 bridgehead atoms. The zero-order valence-electron chi connectivity index (χ0n) is 14.8. The number of benzene rings is 1. The largest absolute Gasteiger partial charge is 0.493 e. The van der Waals surface area contributed by atoms with Crippen molar-refractivity contribution in [1.82, 2.24) is 14.5 Å². The van der Waals surface area contributed by atoms with Crippen LogP contribution in [0, 0.1) is 0 Å². The number of rotatable bonds is 7. The molecule has 140 valence electrons. The Balaban J connectivity index is 1.80. The van der Waals surface area contributed by atoms with E-state index >= 15 is 0 Å². The van der Waals surface area contributed by atoms with Crippen LogP contribution in [0.4, 0.5) is 0 Å². The highest BCUT2D eigenvalue weighted by molar-refractivity contribution is 7.88. The molecule has 0 atom stereocenters. The van der Waals surface area contributed by atoms with Crippen LogP contribution in [0.2, 0.25) is 0 Å². The predicted molar refractivity (Wildman–Crippen MR) is 94.7 cm³/mol. The number of ether oxygens (including phenoxy) is 2. The van der Waals surface area contributed by atoms with Gasteiger partial charge < -0.3 is 14.8 Å². The van der Waals surface area contributed by atoms with Gasteiger partial charge in [-0.15, -0.1) is 0 Å². The molecule has 1 N–H and O–H groups in total. The van der Waals surface area contributed by atoms with E-state index in [0.29, 0.717) is 56.3 Å². The summed E-state index contributed by atoms with van der Waals surface area (Å²) in [4.78, 5) is 14.4. The molecule has 0 unspecified atom stereocenters. The van der Waals surface area contributed by atoms with Gasteiger partial charge in [0.25, 0.3) is 5.91 Å². The number of nitrogens with zero attached hydrogens (tertiary/aromatic N) is 2. The highest BCUT2D eigenvalue weighted by atomic mass is 32.2. The van der Waals surface area contributed by atoms with Crippen LogP contribution in [0.25, 0.3) is 0 Å². The molecule has 0 aromatic heterocycles. The van der Waals surface area contributed by atoms with Gasteiger partial charge in [0.2, 0.25) is 10.0 Å². The second-order valence-electron chi connectivity index (χ2n) is 5.83. The molecule has 25 heavy (non-hydrogen) atoms. The Kier molecular flexibility index (Phi) is 6.63. The zero-order valence-corrected chi connectivity index (χ0v) is 15.6. The van der Waals surface area contributed by atoms with Crippen LogP contribution < -0.4 is 14.8 Å². The summed E-state index contributed by atoms with van der Waals surface area (Å²) in [6.45, 7) is 3.48. The summed E-state index contributed by atoms with van der Waals surface area (Å²) < 4.78 is 34.8. The molecule has 1 aromatic rings. The van der Waals surface area contributed by atoms with Crippen molar-refractivity contribution >= 4 is 15.9 Å². The molecule has 1 aliphatic rings. The van der Waals surface area contributed by atoms with Crippen LogP contribution in [-0.4, -0.2) is 83.3 Å². The van der Waals surface area contributed by atoms with E-state index in [-0.39, 0.29) is 5.91 Å². The summed E-state index contributed by atoms with van der Waals surface area (Å²) in [6, 6.07) is 5.01. The van der Waals surface area contributed by atoms with Gasteiger partial charge >= 0.3 is 0 Å². The van der Waals surface area contributed by atoms with E-state index in [2.05, 4.69) is 10.2 Å². The lowest BCUT2D eigenvalue weighted by molar-refractivity contribution is 0.0944. The van der Waals surface area contributed by atoms with E-state index < -0.39 is 10.0 Å². The van der Waals surface area contributed by atoms with Crippen molar-refractivity contribution in [2.24, 2.45) is 0 Å². The quantitative estimate of drug-likeness (QED) is 0.727. The van der Waals surface area contributed by atoms with Gasteiger partial charge in [0.15, 0.2) is 11.5 Å². The van der Waals surface area contributed by atoms with Gasteiger partial charge in [-0.1, -0.05) is 0 Å². The van der Waals surface area contributed by atoms with Crippen LogP contribution >= 0.6 is 0 Å². The zero-order chi connectivity index (χ0) is 18.4. The van der Waals surface area contributed by atoms with Gasteiger partial charge in [-0.05, 0) is 18.2 Å². The van der Waals surface area contributed by atoms with Crippen molar-refractivity contribution in [1.29, 1.82) is 0 Å². The first kappa shape index (κ1) is 19.5. The number of piperazine rings is 1. The summed E-state index contributed by atoms with van der Waals surface area (Å²) >= 11 is 0. The molecule has 9 heteroatoms. The van der Waals surface area contributed by atoms with E-state index in [1.54, 1.807) is 25.3 Å². The fourth-order valence-electron chi connectivity index (χ4n) is 2.69. The SMILES string of the molecule is COc1ccc(C(=O)NCCN2CCN(S(C)(=O)=O)CC2)cc1OC. The molecule has 1 saturated heterocycles. The number of hydrogen-bond acceptors (Lipinski definition) is 6. The number of nitrogens with one attached hydrogen (secondary N) is 1. The molecule has 0 spiro atoms. The highest BCUT2D eigenvalue weighted by Crippen LogP contribution is 2.27. The first-order chi connectivity index (χ1) is 11.8. The molecule has 1 fully saturated rings. The molecule has 0 radical (unpaired) electrons. The number of hydrogen-bond donors (Lipinski definition) is 1. The average molecular weight is 371 g/mol. The Morgan fingerprint density at radius 2 is 1.76 bits per heavy atom. The van der Waals surface area contributed by atoms with Crippen molar-refractivity contribution in [3.63, 3.8) is 0 Å². The number of carbonyl (C=O) groups excluding carboxylic acids is 1. The van der Waals surface area contributed by atoms with Crippen LogP contribution in [-0.2, 0) is 10.0 Å². The Bertz CT molecular complexity index is 700. The average Bonchev–Trinajstić information content (AvgIpc) is 2.60. The van der Waals surface area contributed by atoms with Crippen LogP contribution in [0.5, 0.6) is 11.5 Å². The van der Waals surface area contributed by atoms with Crippen LogP contribution in [0.1, 0.15) is 10.4 Å². The van der Waals surface area contributed by atoms with Crippen molar-refractivity contribution < 1.29 is 22.7 Å². The molecule has 1 heterocycles. The van der Waals surface area contributed by atoms with Crippen molar-refractivity contribution in [3.05, 3.63) is 23.8 Å². The standard InChI is InChI=1S/C16H25N3O5S/c1-23-14-5-4-13(12-15(14)24-2)16(20)17-6-7-18-8-10-19(11-9-18)25(3,21)22/h4-5,12H,6-11H2,1-3H3,(H,17,20). The van der Waals surface area contributed by atoms with Gasteiger partial charge in [0.1, 0.15) is 0 Å². The minimum Gasteiger partial charge on any atom is -0.493 e. The van der Waals surface area contributed by atoms with E-state index in [1.165, 1.54) is 17.7 Å². The second-order valence-corrected chi connectivity index (χ2v) is 7.81. The van der Waals surface area contributed by atoms with Crippen LogP contribution in [0.15, 0.2) is 18.2 Å². The normalized spacial score (nSPS) is 16.4. The summed E-state index contributed by atoms with van der Waals surface area (Å²) in [5, 5.41) is 2.87. The minimum atomic E-state index is -3.12. The van der Waals surface area contributed by atoms with Gasteiger partial charge in [0, 0.05) is 44.8 Å². The second kappa shape index (κ2) is 8.50. The van der Waals surface area contributed by atoms with Gasteiger partial charge in [-0.2, -0.15) is 4.31 Å². The predicted octanol–water partition coefficient (Wildman–Crippen LogP) is 0.0108. The summed E-state index contributed by atoms with van der Waals surface area (Å²) in [6.07, 6.45) is 1.23. The van der Waals surface area contributed by atoms with E-state index in [1.807, 2.05) is 0 Å². The fourth-order valence-corrected chi connectivity index (χ4v) is 3.52. The summed E-state index contributed by atoms with van der Waals surface area (Å²) in [5.74, 6) is 0.894. The highest BCUT2D eigenvalue weighted by Gasteiger charge is 2.23. The third-order valence-electron chi connectivity index (χ3n) is 4.16. The molecule has 2 rings (SSSR count). The maximum Gasteiger partial charge on any atom is 0.251 e. The Morgan fingerprint density at radius 1 is 1.12 bits per heavy atom. The lowest BCUT2D eigenvalue weighted by Crippen LogP contribution is -2.49. The minimum absolute atomic E-state index is 0.185. The van der Waals surface area contributed by atoms with Crippen molar-refractivity contribution in [2.75, 3.05) is 59.7 Å².